The second-order valence-corrected chi connectivity index (χ2v) is 3.29. The normalized spacial score (nSPS) is 18.1. The lowest BCUT2D eigenvalue weighted by molar-refractivity contribution is -0.148. The summed E-state index contributed by atoms with van der Waals surface area (Å²) >= 11 is 0. The summed E-state index contributed by atoms with van der Waals surface area (Å²) in [5.74, 6) is 0.170. The molecular formula is C9H17NO2. The highest BCUT2D eigenvalue weighted by molar-refractivity contribution is 5.72. The zero-order chi connectivity index (χ0) is 8.81. The molecule has 0 atom stereocenters. The van der Waals surface area contributed by atoms with Crippen LogP contribution in [0.4, 0.5) is 0 Å². The molecule has 3 heteroatoms. The van der Waals surface area contributed by atoms with Crippen LogP contribution in [0.1, 0.15) is 32.1 Å². The first kappa shape index (κ1) is 9.52. The van der Waals surface area contributed by atoms with Gasteiger partial charge >= 0.3 is 5.97 Å². The number of nitrogens with two attached hydrogens (primary N) is 1. The fourth-order valence-corrected chi connectivity index (χ4v) is 1.54. The molecule has 1 rings (SSSR count). The van der Waals surface area contributed by atoms with Gasteiger partial charge in [-0.05, 0) is 25.8 Å². The Morgan fingerprint density at radius 3 is 2.67 bits per heavy atom. The summed E-state index contributed by atoms with van der Waals surface area (Å²) in [5, 5.41) is 0. The molecule has 2 N–H and O–H groups in total. The summed E-state index contributed by atoms with van der Waals surface area (Å²) in [5.41, 5.74) is 5.28. The monoisotopic (exact) mass is 171 g/mol. The second-order valence-electron chi connectivity index (χ2n) is 3.29. The van der Waals surface area contributed by atoms with E-state index >= 15 is 0 Å². The van der Waals surface area contributed by atoms with Gasteiger partial charge in [-0.15, -0.1) is 0 Å². The molecule has 1 fully saturated rings. The highest BCUT2D eigenvalue weighted by Crippen LogP contribution is 2.25. The van der Waals surface area contributed by atoms with Gasteiger partial charge in [-0.25, -0.2) is 0 Å². The topological polar surface area (TPSA) is 52.3 Å². The highest BCUT2D eigenvalue weighted by atomic mass is 16.5. The van der Waals surface area contributed by atoms with Gasteiger partial charge in [0.25, 0.3) is 0 Å². The summed E-state index contributed by atoms with van der Waals surface area (Å²) in [6.45, 7) is 1.09. The third-order valence-electron chi connectivity index (χ3n) is 2.28. The van der Waals surface area contributed by atoms with Crippen molar-refractivity contribution in [2.75, 3.05) is 13.2 Å². The lowest BCUT2D eigenvalue weighted by Crippen LogP contribution is -2.16. The molecule has 0 spiro atoms. The van der Waals surface area contributed by atoms with Crippen molar-refractivity contribution in [3.05, 3.63) is 0 Å². The predicted octanol–water partition coefficient (Wildman–Crippen LogP) is 1.07. The van der Waals surface area contributed by atoms with Crippen molar-refractivity contribution >= 4 is 5.97 Å². The first-order chi connectivity index (χ1) is 5.84. The number of carbonyl (C=O) groups is 1. The summed E-state index contributed by atoms with van der Waals surface area (Å²) in [4.78, 5) is 11.3. The molecule has 0 unspecified atom stereocenters. The van der Waals surface area contributed by atoms with E-state index in [0.717, 1.165) is 19.3 Å². The minimum Gasteiger partial charge on any atom is -0.465 e. The minimum atomic E-state index is -0.0130. The average Bonchev–Trinajstić information content (AvgIpc) is 2.56. The maximum Gasteiger partial charge on any atom is 0.308 e. The van der Waals surface area contributed by atoms with Gasteiger partial charge in [0.05, 0.1) is 12.5 Å². The van der Waals surface area contributed by atoms with E-state index in [1.807, 2.05) is 0 Å². The third-order valence-corrected chi connectivity index (χ3v) is 2.28. The van der Waals surface area contributed by atoms with Crippen LogP contribution >= 0.6 is 0 Å². The fourth-order valence-electron chi connectivity index (χ4n) is 1.54. The molecule has 1 aliphatic rings. The summed E-state index contributed by atoms with van der Waals surface area (Å²) in [7, 11) is 0. The van der Waals surface area contributed by atoms with Crippen molar-refractivity contribution in [1.82, 2.24) is 0 Å². The van der Waals surface area contributed by atoms with E-state index in [1.54, 1.807) is 0 Å². The first-order valence-corrected chi connectivity index (χ1v) is 4.71. The van der Waals surface area contributed by atoms with Crippen LogP contribution in [-0.4, -0.2) is 19.1 Å². The van der Waals surface area contributed by atoms with Gasteiger partial charge in [0.15, 0.2) is 0 Å². The molecule has 0 aromatic rings. The molecule has 70 valence electrons. The molecular weight excluding hydrogens is 154 g/mol. The van der Waals surface area contributed by atoms with Crippen molar-refractivity contribution in [2.24, 2.45) is 11.7 Å². The largest absolute Gasteiger partial charge is 0.465 e. The van der Waals surface area contributed by atoms with Crippen LogP contribution in [0, 0.1) is 5.92 Å². The number of hydrogen-bond acceptors (Lipinski definition) is 3. The molecule has 0 amide bonds. The van der Waals surface area contributed by atoms with Gasteiger partial charge < -0.3 is 10.5 Å². The Labute approximate surface area is 73.3 Å². The van der Waals surface area contributed by atoms with Gasteiger partial charge in [0.1, 0.15) is 0 Å². The van der Waals surface area contributed by atoms with E-state index in [2.05, 4.69) is 0 Å². The van der Waals surface area contributed by atoms with Gasteiger partial charge in [0, 0.05) is 0 Å². The first-order valence-electron chi connectivity index (χ1n) is 4.71. The maximum atomic E-state index is 11.3. The third kappa shape index (κ3) is 2.81. The van der Waals surface area contributed by atoms with Crippen LogP contribution < -0.4 is 5.73 Å². The number of rotatable bonds is 4. The van der Waals surface area contributed by atoms with Crippen molar-refractivity contribution < 1.29 is 9.53 Å². The lowest BCUT2D eigenvalue weighted by Gasteiger charge is -2.08. The van der Waals surface area contributed by atoms with Crippen LogP contribution in [0.15, 0.2) is 0 Å². The van der Waals surface area contributed by atoms with Gasteiger partial charge in [-0.3, -0.25) is 4.79 Å². The van der Waals surface area contributed by atoms with Gasteiger partial charge in [-0.2, -0.15) is 0 Å². The standard InChI is InChI=1S/C9H17NO2/c10-6-3-7-12-9(11)8-4-1-2-5-8/h8H,1-7,10H2. The molecule has 1 aliphatic carbocycles. The van der Waals surface area contributed by atoms with E-state index in [-0.39, 0.29) is 11.9 Å². The predicted molar refractivity (Wildman–Crippen MR) is 46.6 cm³/mol. The van der Waals surface area contributed by atoms with E-state index in [1.165, 1.54) is 12.8 Å². The number of esters is 1. The summed E-state index contributed by atoms with van der Waals surface area (Å²) in [6, 6.07) is 0. The lowest BCUT2D eigenvalue weighted by atomic mass is 10.1. The Bertz CT molecular complexity index is 141. The fraction of sp³-hybridized carbons (Fsp3) is 0.889. The van der Waals surface area contributed by atoms with E-state index in [9.17, 15) is 4.79 Å². The molecule has 1 saturated carbocycles. The maximum absolute atomic E-state index is 11.3. The SMILES string of the molecule is NCCCOC(=O)C1CCCC1. The Morgan fingerprint density at radius 2 is 2.08 bits per heavy atom. The number of ether oxygens (including phenoxy) is 1. The van der Waals surface area contributed by atoms with E-state index < -0.39 is 0 Å². The minimum absolute atomic E-state index is 0.0130. The van der Waals surface area contributed by atoms with E-state index in [0.29, 0.717) is 13.2 Å². The zero-order valence-electron chi connectivity index (χ0n) is 7.42. The Kier molecular flexibility index (Phi) is 4.08. The molecule has 0 aromatic carbocycles. The van der Waals surface area contributed by atoms with Gasteiger partial charge in [-0.1, -0.05) is 12.8 Å². The summed E-state index contributed by atoms with van der Waals surface area (Å²) < 4.78 is 5.05. The second kappa shape index (κ2) is 5.14. The summed E-state index contributed by atoms with van der Waals surface area (Å²) in [6.07, 6.45) is 5.16. The van der Waals surface area contributed by atoms with Crippen LogP contribution in [-0.2, 0) is 9.53 Å². The Balaban J connectivity index is 2.10. The van der Waals surface area contributed by atoms with Crippen LogP contribution in [0.2, 0.25) is 0 Å². The number of hydrogen-bond donors (Lipinski definition) is 1. The van der Waals surface area contributed by atoms with Crippen molar-refractivity contribution in [1.29, 1.82) is 0 Å². The molecule has 0 heterocycles. The van der Waals surface area contributed by atoms with Gasteiger partial charge in [0.2, 0.25) is 0 Å². The molecule has 0 saturated heterocycles. The Morgan fingerprint density at radius 1 is 1.42 bits per heavy atom. The zero-order valence-corrected chi connectivity index (χ0v) is 7.42. The molecule has 12 heavy (non-hydrogen) atoms. The molecule has 0 aliphatic heterocycles. The molecule has 3 nitrogen and oxygen atoms in total. The van der Waals surface area contributed by atoms with Crippen LogP contribution in [0.3, 0.4) is 0 Å². The molecule has 0 aromatic heterocycles. The Hall–Kier alpha value is -0.570. The van der Waals surface area contributed by atoms with Crippen molar-refractivity contribution in [3.63, 3.8) is 0 Å². The van der Waals surface area contributed by atoms with Crippen molar-refractivity contribution in [2.45, 2.75) is 32.1 Å². The average molecular weight is 171 g/mol. The highest BCUT2D eigenvalue weighted by Gasteiger charge is 2.23. The van der Waals surface area contributed by atoms with Crippen LogP contribution in [0.25, 0.3) is 0 Å². The molecule has 0 radical (unpaired) electrons. The quantitative estimate of drug-likeness (QED) is 0.508. The molecule has 0 bridgehead atoms. The smallest absolute Gasteiger partial charge is 0.308 e. The van der Waals surface area contributed by atoms with Crippen LogP contribution in [0.5, 0.6) is 0 Å². The number of carbonyl (C=O) groups excluding carboxylic acids is 1. The van der Waals surface area contributed by atoms with Crippen molar-refractivity contribution in [3.8, 4) is 0 Å². The van der Waals surface area contributed by atoms with E-state index in [4.69, 9.17) is 10.5 Å².